The summed E-state index contributed by atoms with van der Waals surface area (Å²) < 4.78 is 6.51. The Morgan fingerprint density at radius 2 is 2.24 bits per heavy atom. The van der Waals surface area contributed by atoms with Crippen LogP contribution in [0.25, 0.3) is 11.1 Å². The van der Waals surface area contributed by atoms with Gasteiger partial charge in [-0.1, -0.05) is 6.92 Å². The van der Waals surface area contributed by atoms with E-state index in [4.69, 9.17) is 4.42 Å². The molecule has 9 nitrogen and oxygen atoms in total. The van der Waals surface area contributed by atoms with Gasteiger partial charge in [0.1, 0.15) is 0 Å². The van der Waals surface area contributed by atoms with Crippen molar-refractivity contribution in [3.8, 4) is 0 Å². The quantitative estimate of drug-likeness (QED) is 0.535. The monoisotopic (exact) mass is 404 g/mol. The Bertz CT molecular complexity index is 935. The van der Waals surface area contributed by atoms with E-state index in [-0.39, 0.29) is 23.2 Å². The summed E-state index contributed by atoms with van der Waals surface area (Å²) in [7, 11) is 0. The fourth-order valence-electron chi connectivity index (χ4n) is 4.01. The first-order valence-electron chi connectivity index (χ1n) is 10.1. The van der Waals surface area contributed by atoms with E-state index in [9.17, 15) is 19.7 Å². The number of benzene rings is 1. The molecule has 0 bridgehead atoms. The van der Waals surface area contributed by atoms with E-state index >= 15 is 0 Å². The second-order valence-corrected chi connectivity index (χ2v) is 8.01. The molecule has 2 atom stereocenters. The van der Waals surface area contributed by atoms with Gasteiger partial charge >= 0.3 is 5.76 Å². The minimum Gasteiger partial charge on any atom is -0.407 e. The number of nitro benzene ring substituents is 1. The number of hydrogen-bond acceptors (Lipinski definition) is 6. The minimum atomic E-state index is -0.575. The molecule has 0 saturated carbocycles. The van der Waals surface area contributed by atoms with Gasteiger partial charge in [0.15, 0.2) is 5.58 Å². The smallest absolute Gasteiger partial charge is 0.407 e. The van der Waals surface area contributed by atoms with Crippen molar-refractivity contribution in [1.29, 1.82) is 0 Å². The number of nitrogens with zero attached hydrogens (tertiary/aromatic N) is 3. The third kappa shape index (κ3) is 5.44. The maximum Gasteiger partial charge on any atom is 0.419 e. The average Bonchev–Trinajstić information content (AvgIpc) is 2.96. The molecular formula is C20H28N4O5. The molecule has 0 aliphatic carbocycles. The van der Waals surface area contributed by atoms with Crippen LogP contribution < -0.4 is 11.1 Å². The highest BCUT2D eigenvalue weighted by molar-refractivity contribution is 5.77. The van der Waals surface area contributed by atoms with Crippen molar-refractivity contribution in [2.24, 2.45) is 5.92 Å². The fourth-order valence-corrected chi connectivity index (χ4v) is 4.01. The van der Waals surface area contributed by atoms with Gasteiger partial charge < -0.3 is 14.6 Å². The van der Waals surface area contributed by atoms with E-state index in [2.05, 4.69) is 17.1 Å². The molecule has 1 aromatic carbocycles. The number of piperidine rings is 1. The van der Waals surface area contributed by atoms with E-state index in [1.165, 1.54) is 35.6 Å². The second kappa shape index (κ2) is 9.21. The molecule has 1 aromatic heterocycles. The summed E-state index contributed by atoms with van der Waals surface area (Å²) in [5.41, 5.74) is 0.543. The number of carbonyl (C=O) groups is 1. The molecule has 2 aromatic rings. The second-order valence-electron chi connectivity index (χ2n) is 8.01. The highest BCUT2D eigenvalue weighted by Crippen LogP contribution is 2.20. The summed E-state index contributed by atoms with van der Waals surface area (Å²) in [6, 6.07) is 4.15. The van der Waals surface area contributed by atoms with Gasteiger partial charge in [0.05, 0.1) is 16.5 Å². The Morgan fingerprint density at radius 3 is 2.97 bits per heavy atom. The van der Waals surface area contributed by atoms with Crippen molar-refractivity contribution in [2.45, 2.75) is 52.1 Å². The highest BCUT2D eigenvalue weighted by Gasteiger charge is 2.19. The minimum absolute atomic E-state index is 0.0426. The molecule has 3 rings (SSSR count). The van der Waals surface area contributed by atoms with Crippen LogP contribution in [-0.2, 0) is 11.3 Å². The van der Waals surface area contributed by atoms with Gasteiger partial charge in [-0.15, -0.1) is 0 Å². The van der Waals surface area contributed by atoms with Crippen LogP contribution >= 0.6 is 0 Å². The number of likely N-dealkylation sites (tertiary alicyclic amines) is 1. The number of rotatable bonds is 8. The molecule has 2 unspecified atom stereocenters. The van der Waals surface area contributed by atoms with Gasteiger partial charge in [-0.3, -0.25) is 19.5 Å². The van der Waals surface area contributed by atoms with Crippen LogP contribution in [0.2, 0.25) is 0 Å². The van der Waals surface area contributed by atoms with E-state index in [0.717, 1.165) is 19.6 Å². The van der Waals surface area contributed by atoms with Crippen LogP contribution in [-0.4, -0.2) is 46.0 Å². The molecule has 2 heterocycles. The molecule has 0 radical (unpaired) electrons. The zero-order chi connectivity index (χ0) is 21.0. The Hall–Kier alpha value is -2.68. The maximum absolute atomic E-state index is 12.2. The van der Waals surface area contributed by atoms with Crippen molar-refractivity contribution >= 4 is 22.7 Å². The molecule has 1 N–H and O–H groups in total. The molecule has 1 aliphatic rings. The van der Waals surface area contributed by atoms with Crippen molar-refractivity contribution in [2.75, 3.05) is 19.6 Å². The highest BCUT2D eigenvalue weighted by atomic mass is 16.6. The van der Waals surface area contributed by atoms with Crippen LogP contribution in [0.15, 0.2) is 27.4 Å². The first-order valence-corrected chi connectivity index (χ1v) is 10.1. The SMILES string of the molecule is CC1CCCN(CC(C)NC(=O)CCCn2c(=O)oc3cc([N+](=O)[O-])ccc32)C1. The number of amides is 1. The molecule has 9 heteroatoms. The Balaban J connectivity index is 1.49. The summed E-state index contributed by atoms with van der Waals surface area (Å²) in [6.45, 7) is 7.59. The van der Waals surface area contributed by atoms with Gasteiger partial charge in [0.25, 0.3) is 5.69 Å². The predicted octanol–water partition coefficient (Wildman–Crippen LogP) is 2.52. The van der Waals surface area contributed by atoms with E-state index in [0.29, 0.717) is 30.8 Å². The van der Waals surface area contributed by atoms with Gasteiger partial charge in [0.2, 0.25) is 5.91 Å². The number of non-ortho nitro benzene ring substituents is 1. The van der Waals surface area contributed by atoms with Gasteiger partial charge in [0, 0.05) is 38.2 Å². The number of carbonyl (C=O) groups excluding carboxylic acids is 1. The zero-order valence-electron chi connectivity index (χ0n) is 16.9. The zero-order valence-corrected chi connectivity index (χ0v) is 16.9. The maximum atomic E-state index is 12.2. The normalized spacial score (nSPS) is 18.6. The number of fused-ring (bicyclic) bond motifs is 1. The number of aryl methyl sites for hydroxylation is 1. The van der Waals surface area contributed by atoms with Crippen LogP contribution in [0.3, 0.4) is 0 Å². The van der Waals surface area contributed by atoms with Gasteiger partial charge in [-0.2, -0.15) is 0 Å². The molecule has 1 aliphatic heterocycles. The van der Waals surface area contributed by atoms with Crippen molar-refractivity contribution in [1.82, 2.24) is 14.8 Å². The van der Waals surface area contributed by atoms with E-state index < -0.39 is 10.7 Å². The van der Waals surface area contributed by atoms with Crippen molar-refractivity contribution < 1.29 is 14.1 Å². The molecule has 1 saturated heterocycles. The number of nitrogens with one attached hydrogen (secondary N) is 1. The summed E-state index contributed by atoms with van der Waals surface area (Å²) in [5, 5.41) is 13.9. The molecule has 29 heavy (non-hydrogen) atoms. The Kier molecular flexibility index (Phi) is 6.68. The summed E-state index contributed by atoms with van der Waals surface area (Å²) in [6.07, 6.45) is 3.25. The summed E-state index contributed by atoms with van der Waals surface area (Å²) >= 11 is 0. The molecular weight excluding hydrogens is 376 g/mol. The van der Waals surface area contributed by atoms with Crippen LogP contribution in [0.4, 0.5) is 5.69 Å². The van der Waals surface area contributed by atoms with E-state index in [1.807, 2.05) is 6.92 Å². The fraction of sp³-hybridized carbons (Fsp3) is 0.600. The summed E-state index contributed by atoms with van der Waals surface area (Å²) in [5.74, 6) is 0.0868. The largest absolute Gasteiger partial charge is 0.419 e. The number of nitro groups is 1. The third-order valence-electron chi connectivity index (χ3n) is 5.33. The van der Waals surface area contributed by atoms with E-state index in [1.54, 1.807) is 0 Å². The number of aromatic nitrogens is 1. The lowest BCUT2D eigenvalue weighted by Crippen LogP contribution is -2.45. The molecule has 0 spiro atoms. The lowest BCUT2D eigenvalue weighted by molar-refractivity contribution is -0.384. The Morgan fingerprint density at radius 1 is 1.45 bits per heavy atom. The average molecular weight is 404 g/mol. The topological polar surface area (TPSA) is 111 Å². The first-order chi connectivity index (χ1) is 13.8. The lowest BCUT2D eigenvalue weighted by atomic mass is 10.00. The standard InChI is InChI=1S/C20H28N4O5/c1-14-5-3-9-22(12-14)13-15(2)21-19(25)6-4-10-23-17-8-7-16(24(27)28)11-18(17)29-20(23)26/h7-8,11,14-15H,3-6,9-10,12-13H2,1-2H3,(H,21,25). The molecule has 1 fully saturated rings. The van der Waals surface area contributed by atoms with Crippen LogP contribution in [0.5, 0.6) is 0 Å². The van der Waals surface area contributed by atoms with Gasteiger partial charge in [-0.25, -0.2) is 4.79 Å². The third-order valence-corrected chi connectivity index (χ3v) is 5.33. The van der Waals surface area contributed by atoms with Crippen molar-refractivity contribution in [3.63, 3.8) is 0 Å². The first kappa shape index (κ1) is 21.0. The Labute approximate surface area is 168 Å². The summed E-state index contributed by atoms with van der Waals surface area (Å²) in [4.78, 5) is 37.0. The van der Waals surface area contributed by atoms with Crippen LogP contribution in [0, 0.1) is 16.0 Å². The van der Waals surface area contributed by atoms with Crippen molar-refractivity contribution in [3.05, 3.63) is 38.9 Å². The van der Waals surface area contributed by atoms with Crippen LogP contribution in [0.1, 0.15) is 39.5 Å². The number of hydrogen-bond donors (Lipinski definition) is 1. The predicted molar refractivity (Wildman–Crippen MR) is 109 cm³/mol. The van der Waals surface area contributed by atoms with Gasteiger partial charge in [-0.05, 0) is 44.7 Å². The lowest BCUT2D eigenvalue weighted by Gasteiger charge is -2.32. The molecule has 1 amide bonds. The number of oxazole rings is 1. The molecule has 158 valence electrons.